The van der Waals surface area contributed by atoms with Crippen molar-refractivity contribution in [1.29, 1.82) is 0 Å². The number of nitrogens with zero attached hydrogens (tertiary/aromatic N) is 1. The van der Waals surface area contributed by atoms with Gasteiger partial charge in [0, 0.05) is 13.1 Å². The maximum Gasteiger partial charge on any atom is 0.414 e. The predicted octanol–water partition coefficient (Wildman–Crippen LogP) is 1.34. The largest absolute Gasteiger partial charge is 0.501 e. The van der Waals surface area contributed by atoms with E-state index in [0.29, 0.717) is 0 Å². The minimum atomic E-state index is -0.291. The highest BCUT2D eigenvalue weighted by atomic mass is 16.6. The van der Waals surface area contributed by atoms with Crippen molar-refractivity contribution in [3.8, 4) is 0 Å². The Labute approximate surface area is 71.7 Å². The van der Waals surface area contributed by atoms with Gasteiger partial charge in [0.25, 0.3) is 0 Å². The standard InChI is InChI=1S/C8H13NO3/c1-11-6-7-12-8(10)9-4-2-3-5-9/h6-7H,2-5H2,1H3. The van der Waals surface area contributed by atoms with Crippen LogP contribution in [0.4, 0.5) is 4.79 Å². The van der Waals surface area contributed by atoms with Crippen molar-refractivity contribution in [2.45, 2.75) is 12.8 Å². The second kappa shape index (κ2) is 4.64. The van der Waals surface area contributed by atoms with E-state index in [4.69, 9.17) is 4.74 Å². The van der Waals surface area contributed by atoms with E-state index >= 15 is 0 Å². The molecular weight excluding hydrogens is 158 g/mol. The van der Waals surface area contributed by atoms with Gasteiger partial charge >= 0.3 is 6.09 Å². The number of likely N-dealkylation sites (tertiary alicyclic amines) is 1. The minimum absolute atomic E-state index is 0.291. The summed E-state index contributed by atoms with van der Waals surface area (Å²) in [5.74, 6) is 0. The number of ether oxygens (including phenoxy) is 2. The summed E-state index contributed by atoms with van der Waals surface area (Å²) in [5, 5.41) is 0. The highest BCUT2D eigenvalue weighted by molar-refractivity contribution is 5.68. The number of hydrogen-bond donors (Lipinski definition) is 0. The number of hydrogen-bond acceptors (Lipinski definition) is 3. The molecule has 0 unspecified atom stereocenters. The Hall–Kier alpha value is -1.19. The van der Waals surface area contributed by atoms with E-state index in [1.165, 1.54) is 19.6 Å². The van der Waals surface area contributed by atoms with Crippen LogP contribution in [0.2, 0.25) is 0 Å². The molecule has 0 N–H and O–H groups in total. The molecule has 1 saturated heterocycles. The van der Waals surface area contributed by atoms with Crippen molar-refractivity contribution >= 4 is 6.09 Å². The van der Waals surface area contributed by atoms with Gasteiger partial charge in [0.2, 0.25) is 0 Å². The fraction of sp³-hybridized carbons (Fsp3) is 0.625. The second-order valence-electron chi connectivity index (χ2n) is 2.59. The molecule has 1 aliphatic rings. The van der Waals surface area contributed by atoms with Crippen LogP contribution >= 0.6 is 0 Å². The summed E-state index contributed by atoms with van der Waals surface area (Å²) >= 11 is 0. The topological polar surface area (TPSA) is 38.8 Å². The number of rotatable bonds is 2. The summed E-state index contributed by atoms with van der Waals surface area (Å²) in [6.07, 6.45) is 4.43. The van der Waals surface area contributed by atoms with Gasteiger partial charge in [-0.2, -0.15) is 0 Å². The van der Waals surface area contributed by atoms with Crippen LogP contribution in [0, 0.1) is 0 Å². The third-order valence-corrected chi connectivity index (χ3v) is 1.72. The molecule has 1 heterocycles. The third kappa shape index (κ3) is 2.45. The fourth-order valence-electron chi connectivity index (χ4n) is 1.12. The summed E-state index contributed by atoms with van der Waals surface area (Å²) < 4.78 is 9.33. The van der Waals surface area contributed by atoms with Crippen LogP contribution in [-0.4, -0.2) is 31.2 Å². The molecule has 0 aromatic rings. The van der Waals surface area contributed by atoms with Crippen LogP contribution in [0.3, 0.4) is 0 Å². The SMILES string of the molecule is COC=COC(=O)N1CCCC1. The molecule has 1 fully saturated rings. The van der Waals surface area contributed by atoms with Crippen LogP contribution in [0.5, 0.6) is 0 Å². The van der Waals surface area contributed by atoms with Crippen LogP contribution in [0.25, 0.3) is 0 Å². The first-order valence-corrected chi connectivity index (χ1v) is 3.98. The molecule has 0 radical (unpaired) electrons. The first-order valence-electron chi connectivity index (χ1n) is 3.98. The van der Waals surface area contributed by atoms with Gasteiger partial charge in [0.1, 0.15) is 12.5 Å². The van der Waals surface area contributed by atoms with Crippen LogP contribution < -0.4 is 0 Å². The van der Waals surface area contributed by atoms with Crippen molar-refractivity contribution in [3.63, 3.8) is 0 Å². The molecule has 68 valence electrons. The van der Waals surface area contributed by atoms with E-state index in [2.05, 4.69) is 4.74 Å². The lowest BCUT2D eigenvalue weighted by Crippen LogP contribution is -2.26. The second-order valence-corrected chi connectivity index (χ2v) is 2.59. The van der Waals surface area contributed by atoms with Crippen molar-refractivity contribution < 1.29 is 14.3 Å². The molecule has 0 atom stereocenters. The highest BCUT2D eigenvalue weighted by Crippen LogP contribution is 2.08. The molecule has 4 nitrogen and oxygen atoms in total. The summed E-state index contributed by atoms with van der Waals surface area (Å²) in [6, 6.07) is 0. The number of amides is 1. The quantitative estimate of drug-likeness (QED) is 0.588. The van der Waals surface area contributed by atoms with Crippen molar-refractivity contribution in [3.05, 3.63) is 12.5 Å². The lowest BCUT2D eigenvalue weighted by atomic mass is 10.4. The van der Waals surface area contributed by atoms with Crippen LogP contribution in [-0.2, 0) is 9.47 Å². The Kier molecular flexibility index (Phi) is 3.44. The van der Waals surface area contributed by atoms with E-state index < -0.39 is 0 Å². The fourth-order valence-corrected chi connectivity index (χ4v) is 1.12. The Bertz CT molecular complexity index is 173. The third-order valence-electron chi connectivity index (χ3n) is 1.72. The zero-order chi connectivity index (χ0) is 8.81. The number of carbonyl (C=O) groups excluding carboxylic acids is 1. The minimum Gasteiger partial charge on any atom is -0.501 e. The molecule has 4 heteroatoms. The highest BCUT2D eigenvalue weighted by Gasteiger charge is 2.17. The Morgan fingerprint density at radius 3 is 2.58 bits per heavy atom. The number of methoxy groups -OCH3 is 1. The van der Waals surface area contributed by atoms with E-state index in [0.717, 1.165) is 25.9 Å². The van der Waals surface area contributed by atoms with Gasteiger partial charge in [0.05, 0.1) is 7.11 Å². The van der Waals surface area contributed by atoms with Gasteiger partial charge in [-0.25, -0.2) is 4.79 Å². The molecule has 0 aliphatic carbocycles. The first-order chi connectivity index (χ1) is 5.84. The van der Waals surface area contributed by atoms with E-state index in [-0.39, 0.29) is 6.09 Å². The molecule has 1 aliphatic heterocycles. The van der Waals surface area contributed by atoms with Gasteiger partial charge in [-0.15, -0.1) is 0 Å². The van der Waals surface area contributed by atoms with Crippen molar-refractivity contribution in [2.24, 2.45) is 0 Å². The average molecular weight is 171 g/mol. The summed E-state index contributed by atoms with van der Waals surface area (Å²) in [5.41, 5.74) is 0. The zero-order valence-corrected chi connectivity index (χ0v) is 7.16. The van der Waals surface area contributed by atoms with E-state index in [9.17, 15) is 4.79 Å². The normalized spacial score (nSPS) is 16.9. The molecule has 1 rings (SSSR count). The maximum absolute atomic E-state index is 11.1. The van der Waals surface area contributed by atoms with Crippen LogP contribution in [0.1, 0.15) is 12.8 Å². The van der Waals surface area contributed by atoms with Crippen molar-refractivity contribution in [1.82, 2.24) is 4.90 Å². The van der Waals surface area contributed by atoms with E-state index in [1.54, 1.807) is 4.90 Å². The molecule has 0 saturated carbocycles. The Morgan fingerprint density at radius 2 is 2.00 bits per heavy atom. The first kappa shape index (κ1) is 8.90. The van der Waals surface area contributed by atoms with Gasteiger partial charge in [0.15, 0.2) is 0 Å². The van der Waals surface area contributed by atoms with Gasteiger partial charge < -0.3 is 14.4 Å². The molecule has 0 aromatic carbocycles. The summed E-state index contributed by atoms with van der Waals surface area (Å²) in [7, 11) is 1.50. The molecule has 1 amide bonds. The van der Waals surface area contributed by atoms with Crippen molar-refractivity contribution in [2.75, 3.05) is 20.2 Å². The smallest absolute Gasteiger partial charge is 0.414 e. The van der Waals surface area contributed by atoms with Gasteiger partial charge in [-0.1, -0.05) is 0 Å². The lowest BCUT2D eigenvalue weighted by Gasteiger charge is -2.12. The number of carbonyl (C=O) groups is 1. The monoisotopic (exact) mass is 171 g/mol. The van der Waals surface area contributed by atoms with Gasteiger partial charge in [-0.3, -0.25) is 0 Å². The predicted molar refractivity (Wildman–Crippen MR) is 43.4 cm³/mol. The molecule has 12 heavy (non-hydrogen) atoms. The summed E-state index contributed by atoms with van der Waals surface area (Å²) in [6.45, 7) is 1.61. The Morgan fingerprint density at radius 1 is 1.33 bits per heavy atom. The maximum atomic E-state index is 11.1. The molecular formula is C8H13NO3. The molecule has 0 aromatic heterocycles. The molecule has 0 spiro atoms. The van der Waals surface area contributed by atoms with Gasteiger partial charge in [-0.05, 0) is 12.8 Å². The van der Waals surface area contributed by atoms with E-state index in [1.807, 2.05) is 0 Å². The summed E-state index contributed by atoms with van der Waals surface area (Å²) in [4.78, 5) is 12.8. The average Bonchev–Trinajstić information content (AvgIpc) is 2.56. The zero-order valence-electron chi connectivity index (χ0n) is 7.16. The Balaban J connectivity index is 2.22. The molecule has 0 bridgehead atoms. The lowest BCUT2D eigenvalue weighted by molar-refractivity contribution is 0.144. The van der Waals surface area contributed by atoms with Crippen LogP contribution in [0.15, 0.2) is 12.5 Å².